The molecule has 0 fully saturated rings. The highest BCUT2D eigenvalue weighted by Crippen LogP contribution is 2.40. The predicted octanol–water partition coefficient (Wildman–Crippen LogP) is 13.3. The van der Waals surface area contributed by atoms with E-state index in [0.717, 1.165) is 33.9 Å². The van der Waals surface area contributed by atoms with Crippen molar-refractivity contribution in [1.82, 2.24) is 4.57 Å². The van der Waals surface area contributed by atoms with E-state index < -0.39 is 0 Å². The molecule has 0 spiro atoms. The summed E-state index contributed by atoms with van der Waals surface area (Å²) in [4.78, 5) is 2.34. The lowest BCUT2D eigenvalue weighted by Crippen LogP contribution is -2.10. The van der Waals surface area contributed by atoms with Crippen molar-refractivity contribution in [1.29, 1.82) is 0 Å². The van der Waals surface area contributed by atoms with Crippen LogP contribution in [-0.2, 0) is 0 Å². The summed E-state index contributed by atoms with van der Waals surface area (Å²) in [5.41, 5.74) is 13.7. The van der Waals surface area contributed by atoms with Crippen LogP contribution in [0.1, 0.15) is 5.56 Å². The van der Waals surface area contributed by atoms with Crippen LogP contribution in [0, 0.1) is 0 Å². The molecule has 0 radical (unpaired) electrons. The number of para-hydroxylation sites is 1. The summed E-state index contributed by atoms with van der Waals surface area (Å²) >= 11 is 0. The Morgan fingerprint density at radius 2 is 0.960 bits per heavy atom. The quantitative estimate of drug-likeness (QED) is 0.143. The molecule has 0 aliphatic rings. The van der Waals surface area contributed by atoms with Crippen molar-refractivity contribution in [2.24, 2.45) is 0 Å². The van der Waals surface area contributed by atoms with Gasteiger partial charge in [-0.25, -0.2) is 0 Å². The Morgan fingerprint density at radius 1 is 0.460 bits per heavy atom. The summed E-state index contributed by atoms with van der Waals surface area (Å²) in [5.74, 6) is 0. The number of allylic oxidation sites excluding steroid dienone is 4. The maximum Gasteiger partial charge on any atom is 0.0542 e. The van der Waals surface area contributed by atoms with Crippen LogP contribution in [0.3, 0.4) is 0 Å². The molecule has 0 amide bonds. The van der Waals surface area contributed by atoms with Gasteiger partial charge in [0.15, 0.2) is 0 Å². The van der Waals surface area contributed by atoms with Gasteiger partial charge >= 0.3 is 0 Å². The molecular weight excluding hydrogens is 605 g/mol. The van der Waals surface area contributed by atoms with Crippen molar-refractivity contribution in [2.45, 2.75) is 0 Å². The first-order valence-corrected chi connectivity index (χ1v) is 16.9. The number of benzene rings is 7. The second-order valence-corrected chi connectivity index (χ2v) is 12.3. The Labute approximate surface area is 293 Å². The van der Waals surface area contributed by atoms with E-state index in [0.29, 0.717) is 0 Å². The molecule has 0 unspecified atom stereocenters. The molecule has 0 aliphatic heterocycles. The van der Waals surface area contributed by atoms with Gasteiger partial charge in [-0.15, -0.1) is 0 Å². The van der Waals surface area contributed by atoms with Crippen LogP contribution in [0.15, 0.2) is 207 Å². The Balaban J connectivity index is 1.26. The van der Waals surface area contributed by atoms with Crippen LogP contribution in [0.25, 0.3) is 55.3 Å². The summed E-state index contributed by atoms with van der Waals surface area (Å²) in [7, 11) is 0. The zero-order valence-corrected chi connectivity index (χ0v) is 27.8. The number of aromatic nitrogens is 1. The van der Waals surface area contributed by atoms with Gasteiger partial charge in [-0.1, -0.05) is 147 Å². The minimum Gasteiger partial charge on any atom is -0.310 e. The topological polar surface area (TPSA) is 8.17 Å². The summed E-state index contributed by atoms with van der Waals surface area (Å²) in [5, 5.41) is 2.42. The summed E-state index contributed by atoms with van der Waals surface area (Å²) in [6.07, 6.45) is 5.66. The summed E-state index contributed by atoms with van der Waals surface area (Å²) in [6, 6.07) is 63.0. The van der Waals surface area contributed by atoms with E-state index >= 15 is 0 Å². The van der Waals surface area contributed by atoms with E-state index in [-0.39, 0.29) is 0 Å². The van der Waals surface area contributed by atoms with Gasteiger partial charge in [0.1, 0.15) is 0 Å². The summed E-state index contributed by atoms with van der Waals surface area (Å²) in [6.45, 7) is 7.89. The molecule has 1 heterocycles. The lowest BCUT2D eigenvalue weighted by atomic mass is 10.0. The zero-order valence-electron chi connectivity index (χ0n) is 27.8. The molecule has 8 rings (SSSR count). The van der Waals surface area contributed by atoms with Crippen LogP contribution in [0.4, 0.5) is 17.1 Å². The highest BCUT2D eigenvalue weighted by Gasteiger charge is 2.18. The number of nitrogens with zero attached hydrogens (tertiary/aromatic N) is 2. The third kappa shape index (κ3) is 5.74. The number of hydrogen-bond acceptors (Lipinski definition) is 1. The van der Waals surface area contributed by atoms with E-state index in [4.69, 9.17) is 0 Å². The zero-order chi connectivity index (χ0) is 33.9. The number of anilines is 3. The average Bonchev–Trinajstić information content (AvgIpc) is 3.52. The lowest BCUT2D eigenvalue weighted by molar-refractivity contribution is 1.18. The van der Waals surface area contributed by atoms with E-state index in [1.54, 1.807) is 6.08 Å². The van der Waals surface area contributed by atoms with Crippen molar-refractivity contribution in [3.8, 4) is 27.9 Å². The minimum absolute atomic E-state index is 1.04. The van der Waals surface area contributed by atoms with Crippen LogP contribution in [-0.4, -0.2) is 4.57 Å². The first-order chi connectivity index (χ1) is 24.7. The molecule has 2 heteroatoms. The molecule has 238 valence electrons. The second kappa shape index (κ2) is 13.5. The van der Waals surface area contributed by atoms with E-state index in [1.165, 1.54) is 44.1 Å². The first-order valence-electron chi connectivity index (χ1n) is 16.9. The van der Waals surface area contributed by atoms with Crippen molar-refractivity contribution in [3.63, 3.8) is 0 Å². The average molecular weight is 641 g/mol. The van der Waals surface area contributed by atoms with Crippen molar-refractivity contribution >= 4 is 44.4 Å². The normalized spacial score (nSPS) is 11.5. The number of hydrogen-bond donors (Lipinski definition) is 0. The third-order valence-electron chi connectivity index (χ3n) is 9.36. The van der Waals surface area contributed by atoms with Gasteiger partial charge in [-0.2, -0.15) is 0 Å². The molecule has 7 aromatic carbocycles. The Kier molecular flexibility index (Phi) is 8.26. The second-order valence-electron chi connectivity index (χ2n) is 12.3. The molecule has 0 aliphatic carbocycles. The monoisotopic (exact) mass is 640 g/mol. The molecule has 0 bridgehead atoms. The largest absolute Gasteiger partial charge is 0.310 e. The highest BCUT2D eigenvalue weighted by atomic mass is 15.1. The SMILES string of the molecule is C=C/C=C(\C=C)c1ccc(N(c2ccc(-c3ccccc3)cc2)c2ccc3c(c2)c2ccccc2n3-c2ccc(-c3ccccc3)cc2)cc1. The van der Waals surface area contributed by atoms with Crippen LogP contribution < -0.4 is 4.90 Å². The Bertz CT molecular complexity index is 2470. The van der Waals surface area contributed by atoms with Gasteiger partial charge in [0.05, 0.1) is 11.0 Å². The molecule has 0 saturated carbocycles. The molecule has 8 aromatic rings. The van der Waals surface area contributed by atoms with Crippen LogP contribution >= 0.6 is 0 Å². The van der Waals surface area contributed by atoms with E-state index in [9.17, 15) is 0 Å². The van der Waals surface area contributed by atoms with Gasteiger partial charge in [0.25, 0.3) is 0 Å². The van der Waals surface area contributed by atoms with Gasteiger partial charge in [0, 0.05) is 33.5 Å². The molecule has 1 aromatic heterocycles. The fraction of sp³-hybridized carbons (Fsp3) is 0. The van der Waals surface area contributed by atoms with Crippen LogP contribution in [0.2, 0.25) is 0 Å². The standard InChI is InChI=1S/C48H36N2/c1-3-13-35(4-2)38-20-26-41(27-21-38)49(42-28-22-39(23-29-42)36-14-7-5-8-15-36)44-32-33-48-46(34-44)45-18-11-12-19-47(45)50(48)43-30-24-40(25-31-43)37-16-9-6-10-17-37/h3-34H,1-2H2/b35-13+. The summed E-state index contributed by atoms with van der Waals surface area (Å²) < 4.78 is 2.37. The predicted molar refractivity (Wildman–Crippen MR) is 215 cm³/mol. The minimum atomic E-state index is 1.04. The fourth-order valence-electron chi connectivity index (χ4n) is 6.90. The molecular formula is C48H36N2. The fourth-order valence-corrected chi connectivity index (χ4v) is 6.90. The van der Waals surface area contributed by atoms with Crippen molar-refractivity contribution in [2.75, 3.05) is 4.90 Å². The molecule has 0 atom stereocenters. The van der Waals surface area contributed by atoms with E-state index in [2.05, 4.69) is 199 Å². The molecule has 50 heavy (non-hydrogen) atoms. The van der Waals surface area contributed by atoms with Gasteiger partial charge in [0.2, 0.25) is 0 Å². The maximum atomic E-state index is 4.01. The van der Waals surface area contributed by atoms with Crippen molar-refractivity contribution < 1.29 is 0 Å². The lowest BCUT2D eigenvalue weighted by Gasteiger charge is -2.26. The van der Waals surface area contributed by atoms with Gasteiger partial charge < -0.3 is 9.47 Å². The Morgan fingerprint density at radius 3 is 1.56 bits per heavy atom. The maximum absolute atomic E-state index is 4.01. The smallest absolute Gasteiger partial charge is 0.0542 e. The third-order valence-corrected chi connectivity index (χ3v) is 9.36. The molecule has 2 nitrogen and oxygen atoms in total. The van der Waals surface area contributed by atoms with E-state index in [1.807, 2.05) is 12.2 Å². The van der Waals surface area contributed by atoms with Crippen LogP contribution in [0.5, 0.6) is 0 Å². The number of rotatable bonds is 9. The van der Waals surface area contributed by atoms with Crippen molar-refractivity contribution in [3.05, 3.63) is 213 Å². The molecule has 0 saturated heterocycles. The highest BCUT2D eigenvalue weighted by molar-refractivity contribution is 6.10. The first kappa shape index (κ1) is 30.7. The van der Waals surface area contributed by atoms with Gasteiger partial charge in [-0.3, -0.25) is 0 Å². The molecule has 0 N–H and O–H groups in total. The van der Waals surface area contributed by atoms with Gasteiger partial charge in [-0.05, 0) is 94.1 Å². The Hall–Kier alpha value is -6.64. The number of fused-ring (bicyclic) bond motifs is 3.